The van der Waals surface area contributed by atoms with Crippen molar-refractivity contribution in [3.63, 3.8) is 0 Å². The van der Waals surface area contributed by atoms with Crippen LogP contribution in [0.5, 0.6) is 0 Å². The minimum absolute atomic E-state index is 0.0474. The molecule has 0 bridgehead atoms. The molecule has 9 nitrogen and oxygen atoms in total. The highest BCUT2D eigenvalue weighted by molar-refractivity contribution is 7.90. The van der Waals surface area contributed by atoms with Crippen LogP contribution in [0.15, 0.2) is 95.9 Å². The number of rotatable bonds is 15. The molecule has 0 saturated carbocycles. The second-order valence-corrected chi connectivity index (χ2v) is 14.3. The van der Waals surface area contributed by atoms with E-state index in [9.17, 15) is 22.8 Å². The van der Waals surface area contributed by atoms with Crippen molar-refractivity contribution in [3.05, 3.63) is 118 Å². The van der Waals surface area contributed by atoms with E-state index >= 15 is 0 Å². The first-order valence-corrected chi connectivity index (χ1v) is 18.8. The number of nitrogens with one attached hydrogen (secondary N) is 2. The molecule has 264 valence electrons. The lowest BCUT2D eigenvalue weighted by Crippen LogP contribution is -2.41. The molecule has 0 fully saturated rings. The van der Waals surface area contributed by atoms with Crippen molar-refractivity contribution < 1.29 is 22.8 Å². The number of amides is 4. The van der Waals surface area contributed by atoms with E-state index in [1.165, 1.54) is 23.1 Å². The monoisotopic (exact) mass is 736 g/mol. The van der Waals surface area contributed by atoms with Gasteiger partial charge in [0.25, 0.3) is 21.8 Å². The lowest BCUT2D eigenvalue weighted by Gasteiger charge is -2.29. The molecular formula is C38H42Cl2N4O5S. The van der Waals surface area contributed by atoms with Crippen LogP contribution >= 0.6 is 23.2 Å². The molecule has 4 aromatic rings. The Morgan fingerprint density at radius 2 is 1.44 bits per heavy atom. The van der Waals surface area contributed by atoms with Gasteiger partial charge in [0.05, 0.1) is 26.2 Å². The van der Waals surface area contributed by atoms with Crippen molar-refractivity contribution in [2.24, 2.45) is 0 Å². The first-order valence-electron chi connectivity index (χ1n) is 16.6. The maximum absolute atomic E-state index is 13.9. The normalized spacial score (nSPS) is 11.1. The van der Waals surface area contributed by atoms with Gasteiger partial charge in [0, 0.05) is 37.8 Å². The van der Waals surface area contributed by atoms with E-state index in [2.05, 4.69) is 17.0 Å². The molecule has 4 amide bonds. The van der Waals surface area contributed by atoms with E-state index in [4.69, 9.17) is 23.2 Å². The topological polar surface area (TPSA) is 116 Å². The van der Waals surface area contributed by atoms with Gasteiger partial charge in [0.2, 0.25) is 0 Å². The number of benzene rings is 4. The van der Waals surface area contributed by atoms with Gasteiger partial charge in [0.1, 0.15) is 0 Å². The molecular weight excluding hydrogens is 695 g/mol. The average molecular weight is 738 g/mol. The molecule has 0 aliphatic rings. The van der Waals surface area contributed by atoms with Crippen LogP contribution in [0.2, 0.25) is 10.0 Å². The maximum atomic E-state index is 13.9. The van der Waals surface area contributed by atoms with Gasteiger partial charge >= 0.3 is 6.03 Å². The number of sulfonamides is 1. The van der Waals surface area contributed by atoms with Gasteiger partial charge in [-0.2, -0.15) is 0 Å². The summed E-state index contributed by atoms with van der Waals surface area (Å²) in [5.74, 6) is -1.06. The summed E-state index contributed by atoms with van der Waals surface area (Å²) in [5.41, 5.74) is 2.74. The number of carbonyl (C=O) groups excluding carboxylic acids is 3. The van der Waals surface area contributed by atoms with Crippen LogP contribution in [0.4, 0.5) is 10.5 Å². The number of halogens is 2. The van der Waals surface area contributed by atoms with E-state index < -0.39 is 15.9 Å². The molecule has 4 aromatic carbocycles. The SMILES string of the molecule is CCCCCN(Cc1ccc(-c2ccccc2S(=O)(=O)NC(=O)c2ccccc2Cl)cc1)C(=O)N(C)c1cc(C(=O)NCCCC)ccc1Cl. The standard InChI is InChI=1S/C38H42Cl2N4O5S/c1-4-6-12-24-44(38(47)43(3)34-25-29(21-22-33(34)40)36(45)41-23-7-5-2)26-27-17-19-28(20-18-27)30-13-9-11-16-35(30)50(48,49)42-37(46)31-14-8-10-15-32(31)39/h8-11,13-22,25H,4-7,12,23-24,26H2,1-3H3,(H,41,45)(H,42,46). The maximum Gasteiger partial charge on any atom is 0.324 e. The van der Waals surface area contributed by atoms with Crippen LogP contribution < -0.4 is 14.9 Å². The largest absolute Gasteiger partial charge is 0.352 e. The zero-order chi connectivity index (χ0) is 36.3. The molecule has 12 heteroatoms. The number of urea groups is 1. The Balaban J connectivity index is 1.55. The van der Waals surface area contributed by atoms with Gasteiger partial charge in [-0.05, 0) is 60.4 Å². The first kappa shape index (κ1) is 38.4. The summed E-state index contributed by atoms with van der Waals surface area (Å²) < 4.78 is 28.9. The molecule has 0 saturated heterocycles. The Morgan fingerprint density at radius 1 is 0.760 bits per heavy atom. The third kappa shape index (κ3) is 9.87. The molecule has 0 unspecified atom stereocenters. The fourth-order valence-electron chi connectivity index (χ4n) is 5.33. The smallest absolute Gasteiger partial charge is 0.324 e. The highest BCUT2D eigenvalue weighted by Gasteiger charge is 2.25. The second kappa shape index (κ2) is 18.0. The third-order valence-corrected chi connectivity index (χ3v) is 10.2. The molecule has 0 radical (unpaired) electrons. The Kier molecular flexibility index (Phi) is 13.9. The number of hydrogen-bond acceptors (Lipinski definition) is 5. The minimum atomic E-state index is -4.26. The summed E-state index contributed by atoms with van der Waals surface area (Å²) in [6.07, 6.45) is 4.55. The summed E-state index contributed by atoms with van der Waals surface area (Å²) in [5, 5.41) is 3.38. The van der Waals surface area contributed by atoms with Crippen molar-refractivity contribution in [3.8, 4) is 11.1 Å². The van der Waals surface area contributed by atoms with Gasteiger partial charge in [0.15, 0.2) is 0 Å². The van der Waals surface area contributed by atoms with Crippen molar-refractivity contribution in [1.82, 2.24) is 14.9 Å². The quantitative estimate of drug-likeness (QED) is 0.119. The minimum Gasteiger partial charge on any atom is -0.352 e. The number of nitrogens with zero attached hydrogens (tertiary/aromatic N) is 2. The van der Waals surface area contributed by atoms with Crippen molar-refractivity contribution in [2.75, 3.05) is 25.0 Å². The fourth-order valence-corrected chi connectivity index (χ4v) is 6.99. The molecule has 0 spiro atoms. The Hall–Kier alpha value is -4.38. The van der Waals surface area contributed by atoms with Gasteiger partial charge in [-0.15, -0.1) is 0 Å². The number of anilines is 1. The van der Waals surface area contributed by atoms with E-state index in [1.807, 2.05) is 19.1 Å². The molecule has 4 rings (SSSR count). The van der Waals surface area contributed by atoms with Crippen LogP contribution in [0.1, 0.15) is 72.2 Å². The van der Waals surface area contributed by atoms with Crippen molar-refractivity contribution >= 4 is 56.8 Å². The lowest BCUT2D eigenvalue weighted by molar-refractivity contribution is 0.0950. The fraction of sp³-hybridized carbons (Fsp3) is 0.289. The van der Waals surface area contributed by atoms with Gasteiger partial charge in [-0.25, -0.2) is 17.9 Å². The highest BCUT2D eigenvalue weighted by Crippen LogP contribution is 2.30. The summed E-state index contributed by atoms with van der Waals surface area (Å²) in [6.45, 7) is 5.49. The predicted molar refractivity (Wildman–Crippen MR) is 200 cm³/mol. The number of carbonyl (C=O) groups is 3. The van der Waals surface area contributed by atoms with E-state index in [1.54, 1.807) is 72.6 Å². The third-order valence-electron chi connectivity index (χ3n) is 8.14. The molecule has 0 atom stereocenters. The summed E-state index contributed by atoms with van der Waals surface area (Å²) in [7, 11) is -2.62. The molecule has 0 heterocycles. The lowest BCUT2D eigenvalue weighted by atomic mass is 10.0. The van der Waals surface area contributed by atoms with Crippen LogP contribution in [0, 0.1) is 0 Å². The average Bonchev–Trinajstić information content (AvgIpc) is 3.11. The van der Waals surface area contributed by atoms with E-state index in [0.717, 1.165) is 37.7 Å². The van der Waals surface area contributed by atoms with Crippen LogP contribution in [0.25, 0.3) is 11.1 Å². The van der Waals surface area contributed by atoms with E-state index in [0.29, 0.717) is 40.5 Å². The van der Waals surface area contributed by atoms with Gasteiger partial charge in [-0.3, -0.25) is 14.5 Å². The molecule has 50 heavy (non-hydrogen) atoms. The molecule has 0 aromatic heterocycles. The molecule has 2 N–H and O–H groups in total. The van der Waals surface area contributed by atoms with Crippen LogP contribution in [-0.4, -0.2) is 51.3 Å². The molecule has 0 aliphatic carbocycles. The zero-order valence-electron chi connectivity index (χ0n) is 28.4. The Labute approximate surface area is 304 Å². The number of hydrogen-bond donors (Lipinski definition) is 2. The van der Waals surface area contributed by atoms with E-state index in [-0.39, 0.29) is 34.0 Å². The Morgan fingerprint density at radius 3 is 2.14 bits per heavy atom. The van der Waals surface area contributed by atoms with Crippen molar-refractivity contribution in [2.45, 2.75) is 57.4 Å². The summed E-state index contributed by atoms with van der Waals surface area (Å²) >= 11 is 12.6. The summed E-state index contributed by atoms with van der Waals surface area (Å²) in [6, 6.07) is 24.5. The first-order chi connectivity index (χ1) is 24.0. The van der Waals surface area contributed by atoms with Crippen LogP contribution in [-0.2, 0) is 16.6 Å². The van der Waals surface area contributed by atoms with Crippen LogP contribution in [0.3, 0.4) is 0 Å². The Bertz CT molecular complexity index is 1920. The highest BCUT2D eigenvalue weighted by atomic mass is 35.5. The van der Waals surface area contributed by atoms with Gasteiger partial charge < -0.3 is 10.2 Å². The number of unbranched alkanes of at least 4 members (excludes halogenated alkanes) is 3. The summed E-state index contributed by atoms with van der Waals surface area (Å²) in [4.78, 5) is 42.6. The zero-order valence-corrected chi connectivity index (χ0v) is 30.7. The molecule has 0 aliphatic heterocycles. The predicted octanol–water partition coefficient (Wildman–Crippen LogP) is 8.56. The second-order valence-electron chi connectivity index (χ2n) is 11.9. The van der Waals surface area contributed by atoms with Gasteiger partial charge in [-0.1, -0.05) is 111 Å². The van der Waals surface area contributed by atoms with Crippen molar-refractivity contribution in [1.29, 1.82) is 0 Å².